The molecule has 1 atom stereocenters. The van der Waals surface area contributed by atoms with Crippen LogP contribution in [0.4, 0.5) is 15.8 Å². The van der Waals surface area contributed by atoms with Gasteiger partial charge in [-0.2, -0.15) is 0 Å². The minimum absolute atomic E-state index is 0.0758. The second-order valence-electron chi connectivity index (χ2n) is 6.15. The fourth-order valence-corrected chi connectivity index (χ4v) is 2.53. The Balaban J connectivity index is 1.84. The van der Waals surface area contributed by atoms with E-state index in [9.17, 15) is 14.0 Å². The number of rotatable bonds is 6. The first-order valence-electron chi connectivity index (χ1n) is 8.22. The molecule has 25 heavy (non-hydrogen) atoms. The molecule has 5 nitrogen and oxygen atoms in total. The van der Waals surface area contributed by atoms with Gasteiger partial charge in [0.15, 0.2) is 0 Å². The van der Waals surface area contributed by atoms with Crippen LogP contribution < -0.4 is 16.0 Å². The van der Waals surface area contributed by atoms with E-state index in [0.717, 1.165) is 18.4 Å². The van der Waals surface area contributed by atoms with Crippen molar-refractivity contribution in [2.75, 3.05) is 10.6 Å². The van der Waals surface area contributed by atoms with E-state index in [1.54, 1.807) is 6.07 Å². The first kappa shape index (κ1) is 17.0. The van der Waals surface area contributed by atoms with Crippen LogP contribution in [0.5, 0.6) is 0 Å². The number of amides is 2. The number of hydrogen-bond acceptors (Lipinski definition) is 3. The van der Waals surface area contributed by atoms with Crippen LogP contribution in [0, 0.1) is 5.82 Å². The van der Waals surface area contributed by atoms with Crippen LogP contribution in [0.2, 0.25) is 0 Å². The van der Waals surface area contributed by atoms with Crippen LogP contribution in [0.1, 0.15) is 31.4 Å². The predicted molar refractivity (Wildman–Crippen MR) is 94.7 cm³/mol. The Kier molecular flexibility index (Phi) is 4.97. The Bertz CT molecular complexity index is 775. The largest absolute Gasteiger partial charge is 0.370 e. The summed E-state index contributed by atoms with van der Waals surface area (Å²) < 4.78 is 13.8. The molecule has 0 heterocycles. The molecule has 3 N–H and O–H groups in total. The van der Waals surface area contributed by atoms with Crippen molar-refractivity contribution in [3.05, 3.63) is 59.9 Å². The molecule has 6 heteroatoms. The Labute approximate surface area is 145 Å². The van der Waals surface area contributed by atoms with E-state index in [2.05, 4.69) is 16.0 Å². The highest BCUT2D eigenvalue weighted by Crippen LogP contribution is 2.26. The average Bonchev–Trinajstić information content (AvgIpc) is 3.39. The molecule has 3 rings (SSSR count). The van der Waals surface area contributed by atoms with Gasteiger partial charge in [0.1, 0.15) is 11.9 Å². The summed E-state index contributed by atoms with van der Waals surface area (Å²) in [4.78, 5) is 23.8. The molecular formula is C19H20FN3O2. The minimum atomic E-state index is -0.600. The van der Waals surface area contributed by atoms with Gasteiger partial charge in [0.2, 0.25) is 11.8 Å². The quantitative estimate of drug-likeness (QED) is 0.755. The van der Waals surface area contributed by atoms with E-state index in [1.165, 1.54) is 19.1 Å². The zero-order valence-corrected chi connectivity index (χ0v) is 13.9. The van der Waals surface area contributed by atoms with Crippen LogP contribution in [0.25, 0.3) is 0 Å². The van der Waals surface area contributed by atoms with Gasteiger partial charge in [0, 0.05) is 18.7 Å². The smallest absolute Gasteiger partial charge is 0.247 e. The lowest BCUT2D eigenvalue weighted by atomic mass is 10.1. The molecule has 1 aliphatic rings. The second-order valence-corrected chi connectivity index (χ2v) is 6.15. The molecule has 130 valence electrons. The topological polar surface area (TPSA) is 70.2 Å². The third-order valence-corrected chi connectivity index (χ3v) is 3.91. The first-order valence-corrected chi connectivity index (χ1v) is 8.22. The molecule has 0 aliphatic heterocycles. The van der Waals surface area contributed by atoms with Crippen molar-refractivity contribution in [1.82, 2.24) is 5.32 Å². The van der Waals surface area contributed by atoms with Gasteiger partial charge in [-0.15, -0.1) is 0 Å². The van der Waals surface area contributed by atoms with Crippen molar-refractivity contribution in [3.8, 4) is 0 Å². The standard InChI is InChI=1S/C19H20FN3O2/c1-12(24)21-17-11-15(9-10-16(17)20)22-18(13-5-3-2-4-6-13)19(25)23-14-7-8-14/h2-6,9-11,14,18,22H,7-8H2,1H3,(H,21,24)(H,23,25). The lowest BCUT2D eigenvalue weighted by molar-refractivity contribution is -0.122. The van der Waals surface area contributed by atoms with E-state index in [1.807, 2.05) is 30.3 Å². The number of halogens is 1. The SMILES string of the molecule is CC(=O)Nc1cc(NC(C(=O)NC2CC2)c2ccccc2)ccc1F. The summed E-state index contributed by atoms with van der Waals surface area (Å²) in [6.07, 6.45) is 1.99. The number of carbonyl (C=O) groups is 2. The van der Waals surface area contributed by atoms with Gasteiger partial charge in [-0.1, -0.05) is 30.3 Å². The second kappa shape index (κ2) is 7.34. The van der Waals surface area contributed by atoms with E-state index in [4.69, 9.17) is 0 Å². The Hall–Kier alpha value is -2.89. The summed E-state index contributed by atoms with van der Waals surface area (Å²) >= 11 is 0. The summed E-state index contributed by atoms with van der Waals surface area (Å²) in [5, 5.41) is 8.57. The molecule has 2 aromatic carbocycles. The molecule has 0 spiro atoms. The predicted octanol–water partition coefficient (Wildman–Crippen LogP) is 3.22. The molecule has 2 amide bonds. The molecule has 2 aromatic rings. The Morgan fingerprint density at radius 2 is 1.84 bits per heavy atom. The third-order valence-electron chi connectivity index (χ3n) is 3.91. The number of nitrogens with one attached hydrogen (secondary N) is 3. The molecule has 0 radical (unpaired) electrons. The molecule has 1 unspecified atom stereocenters. The molecule has 1 saturated carbocycles. The maximum Gasteiger partial charge on any atom is 0.247 e. The van der Waals surface area contributed by atoms with Gasteiger partial charge >= 0.3 is 0 Å². The summed E-state index contributed by atoms with van der Waals surface area (Å²) in [6.45, 7) is 1.31. The van der Waals surface area contributed by atoms with Gasteiger partial charge in [-0.3, -0.25) is 9.59 Å². The lowest BCUT2D eigenvalue weighted by Crippen LogP contribution is -2.34. The van der Waals surface area contributed by atoms with Gasteiger partial charge in [0.05, 0.1) is 5.69 Å². The zero-order valence-electron chi connectivity index (χ0n) is 13.9. The first-order chi connectivity index (χ1) is 12.0. The van der Waals surface area contributed by atoms with E-state index in [0.29, 0.717) is 5.69 Å². The van der Waals surface area contributed by atoms with Crippen molar-refractivity contribution in [2.24, 2.45) is 0 Å². The Morgan fingerprint density at radius 3 is 2.48 bits per heavy atom. The summed E-state index contributed by atoms with van der Waals surface area (Å²) in [6, 6.07) is 13.3. The lowest BCUT2D eigenvalue weighted by Gasteiger charge is -2.20. The highest BCUT2D eigenvalue weighted by molar-refractivity contribution is 5.90. The van der Waals surface area contributed by atoms with Crippen LogP contribution in [-0.2, 0) is 9.59 Å². The maximum atomic E-state index is 13.8. The van der Waals surface area contributed by atoms with Gasteiger partial charge in [0.25, 0.3) is 0 Å². The normalized spacial score (nSPS) is 14.5. The van der Waals surface area contributed by atoms with Crippen LogP contribution in [0.3, 0.4) is 0 Å². The number of benzene rings is 2. The minimum Gasteiger partial charge on any atom is -0.370 e. The monoisotopic (exact) mass is 341 g/mol. The molecular weight excluding hydrogens is 321 g/mol. The highest BCUT2D eigenvalue weighted by Gasteiger charge is 2.28. The van der Waals surface area contributed by atoms with Gasteiger partial charge in [-0.05, 0) is 36.6 Å². The molecule has 0 saturated heterocycles. The van der Waals surface area contributed by atoms with E-state index < -0.39 is 11.9 Å². The summed E-state index contributed by atoms with van der Waals surface area (Å²) in [5.41, 5.74) is 1.43. The fraction of sp³-hybridized carbons (Fsp3) is 0.263. The maximum absolute atomic E-state index is 13.8. The van der Waals surface area contributed by atoms with Crippen molar-refractivity contribution in [3.63, 3.8) is 0 Å². The number of carbonyl (C=O) groups excluding carboxylic acids is 2. The molecule has 1 fully saturated rings. The highest BCUT2D eigenvalue weighted by atomic mass is 19.1. The van der Waals surface area contributed by atoms with Gasteiger partial charge < -0.3 is 16.0 Å². The van der Waals surface area contributed by atoms with Crippen molar-refractivity contribution in [2.45, 2.75) is 31.8 Å². The summed E-state index contributed by atoms with van der Waals surface area (Å²) in [5.74, 6) is -1.01. The fourth-order valence-electron chi connectivity index (χ4n) is 2.53. The van der Waals surface area contributed by atoms with Crippen LogP contribution in [0.15, 0.2) is 48.5 Å². The summed E-state index contributed by atoms with van der Waals surface area (Å²) in [7, 11) is 0. The van der Waals surface area contributed by atoms with Crippen molar-refractivity contribution >= 4 is 23.2 Å². The third kappa shape index (κ3) is 4.56. The van der Waals surface area contributed by atoms with Crippen LogP contribution in [-0.4, -0.2) is 17.9 Å². The van der Waals surface area contributed by atoms with Crippen molar-refractivity contribution in [1.29, 1.82) is 0 Å². The molecule has 0 aromatic heterocycles. The van der Waals surface area contributed by atoms with Gasteiger partial charge in [-0.25, -0.2) is 4.39 Å². The Morgan fingerprint density at radius 1 is 1.12 bits per heavy atom. The average molecular weight is 341 g/mol. The van der Waals surface area contributed by atoms with Crippen molar-refractivity contribution < 1.29 is 14.0 Å². The number of anilines is 2. The molecule has 1 aliphatic carbocycles. The van der Waals surface area contributed by atoms with E-state index in [-0.39, 0.29) is 23.5 Å². The zero-order chi connectivity index (χ0) is 17.8. The van der Waals surface area contributed by atoms with Crippen LogP contribution >= 0.6 is 0 Å². The molecule has 0 bridgehead atoms. The number of hydrogen-bond donors (Lipinski definition) is 3. The van der Waals surface area contributed by atoms with E-state index >= 15 is 0 Å².